The first kappa shape index (κ1) is 9.08. The van der Waals surface area contributed by atoms with Gasteiger partial charge in [0, 0.05) is 18.0 Å². The van der Waals surface area contributed by atoms with Gasteiger partial charge in [-0.2, -0.15) is 0 Å². The molecule has 0 radical (unpaired) electrons. The van der Waals surface area contributed by atoms with Gasteiger partial charge in [-0.15, -0.1) is 0 Å². The first-order chi connectivity index (χ1) is 6.68. The number of carbonyl (C=O) groups is 1. The second-order valence-corrected chi connectivity index (χ2v) is 3.54. The van der Waals surface area contributed by atoms with Gasteiger partial charge in [0.25, 0.3) is 5.91 Å². The highest BCUT2D eigenvalue weighted by atomic mass is 32.1. The maximum atomic E-state index is 11.4. The minimum atomic E-state index is -0.392. The Labute approximate surface area is 86.7 Å². The van der Waals surface area contributed by atoms with Gasteiger partial charge in [0.2, 0.25) is 0 Å². The maximum absolute atomic E-state index is 11.4. The average Bonchev–Trinajstić information content (AvgIpc) is 2.46. The topological polar surface area (TPSA) is 54.0 Å². The third-order valence-electron chi connectivity index (χ3n) is 2.16. The largest absolute Gasteiger partial charge is 0.347 e. The molecule has 1 atom stereocenters. The summed E-state index contributed by atoms with van der Waals surface area (Å²) >= 11 is 4.85. The van der Waals surface area contributed by atoms with E-state index in [9.17, 15) is 4.79 Å². The van der Waals surface area contributed by atoms with Crippen LogP contribution in [0.2, 0.25) is 0 Å². The zero-order chi connectivity index (χ0) is 10.1. The second-order valence-electron chi connectivity index (χ2n) is 3.13. The summed E-state index contributed by atoms with van der Waals surface area (Å²) in [5.74, 6) is -0.119. The predicted molar refractivity (Wildman–Crippen MR) is 55.6 cm³/mol. The molecule has 0 spiro atoms. The predicted octanol–water partition coefficient (Wildman–Crippen LogP) is 0.435. The smallest absolute Gasteiger partial charge is 0.253 e. The van der Waals surface area contributed by atoms with Gasteiger partial charge in [-0.05, 0) is 30.8 Å². The van der Waals surface area contributed by atoms with Crippen LogP contribution in [-0.4, -0.2) is 16.0 Å². The molecule has 0 saturated carbocycles. The molecule has 0 bridgehead atoms. The van der Waals surface area contributed by atoms with Crippen molar-refractivity contribution in [3.8, 4) is 0 Å². The Balaban J connectivity index is 2.36. The van der Waals surface area contributed by atoms with E-state index in [1.54, 1.807) is 12.4 Å². The summed E-state index contributed by atoms with van der Waals surface area (Å²) in [4.78, 5) is 15.4. The van der Waals surface area contributed by atoms with Crippen LogP contribution in [0.1, 0.15) is 17.2 Å². The molecule has 14 heavy (non-hydrogen) atoms. The number of amides is 1. The van der Waals surface area contributed by atoms with Crippen molar-refractivity contribution in [2.75, 3.05) is 0 Å². The van der Waals surface area contributed by atoms with Crippen LogP contribution < -0.4 is 10.6 Å². The normalized spacial score (nSPS) is 20.5. The summed E-state index contributed by atoms with van der Waals surface area (Å²) in [6.07, 6.45) is 3.38. The van der Waals surface area contributed by atoms with Gasteiger partial charge < -0.3 is 10.6 Å². The standard InChI is InChI=1S/C9H9N3OS/c1-5-2-3-10-4-6(5)7-8(13)12-9(14)11-7/h2-4,7H,1H3,(H2,11,12,13,14). The lowest BCUT2D eigenvalue weighted by Crippen LogP contribution is -2.21. The average molecular weight is 207 g/mol. The number of aryl methyl sites for hydroxylation is 1. The Morgan fingerprint density at radius 1 is 1.57 bits per heavy atom. The molecule has 1 aromatic rings. The lowest BCUT2D eigenvalue weighted by molar-refractivity contribution is -0.120. The number of thiocarbonyl (C=S) groups is 1. The van der Waals surface area contributed by atoms with Gasteiger partial charge >= 0.3 is 0 Å². The molecule has 0 aromatic carbocycles. The SMILES string of the molecule is Cc1ccncc1C1NC(=S)NC1=O. The Bertz CT molecular complexity index is 405. The Morgan fingerprint density at radius 3 is 2.93 bits per heavy atom. The number of hydrogen-bond donors (Lipinski definition) is 2. The highest BCUT2D eigenvalue weighted by molar-refractivity contribution is 7.80. The third-order valence-corrected chi connectivity index (χ3v) is 2.38. The fraction of sp³-hybridized carbons (Fsp3) is 0.222. The molecule has 1 fully saturated rings. The van der Waals surface area contributed by atoms with Crippen LogP contribution in [0.3, 0.4) is 0 Å². The molecule has 4 nitrogen and oxygen atoms in total. The molecule has 1 amide bonds. The van der Waals surface area contributed by atoms with Gasteiger partial charge in [0.05, 0.1) is 0 Å². The zero-order valence-corrected chi connectivity index (χ0v) is 8.39. The Morgan fingerprint density at radius 2 is 2.36 bits per heavy atom. The quantitative estimate of drug-likeness (QED) is 0.656. The van der Waals surface area contributed by atoms with E-state index in [2.05, 4.69) is 15.6 Å². The number of aromatic nitrogens is 1. The Kier molecular flexibility index (Phi) is 2.17. The van der Waals surface area contributed by atoms with Crippen molar-refractivity contribution in [3.05, 3.63) is 29.6 Å². The number of hydrogen-bond acceptors (Lipinski definition) is 3. The van der Waals surface area contributed by atoms with E-state index < -0.39 is 6.04 Å². The summed E-state index contributed by atoms with van der Waals surface area (Å²) < 4.78 is 0. The molecule has 5 heteroatoms. The van der Waals surface area contributed by atoms with E-state index in [0.717, 1.165) is 11.1 Å². The van der Waals surface area contributed by atoms with Gasteiger partial charge in [-0.1, -0.05) is 0 Å². The summed E-state index contributed by atoms with van der Waals surface area (Å²) in [6, 6.07) is 1.47. The molecule has 1 saturated heterocycles. The number of rotatable bonds is 1. The highest BCUT2D eigenvalue weighted by Crippen LogP contribution is 2.18. The maximum Gasteiger partial charge on any atom is 0.253 e. The number of pyridine rings is 1. The van der Waals surface area contributed by atoms with E-state index in [4.69, 9.17) is 12.2 Å². The molecule has 1 aliphatic heterocycles. The fourth-order valence-corrected chi connectivity index (χ4v) is 1.63. The molecular weight excluding hydrogens is 198 g/mol. The van der Waals surface area contributed by atoms with Gasteiger partial charge in [0.15, 0.2) is 5.11 Å². The van der Waals surface area contributed by atoms with Crippen molar-refractivity contribution in [2.45, 2.75) is 13.0 Å². The lowest BCUT2D eigenvalue weighted by Gasteiger charge is -2.09. The van der Waals surface area contributed by atoms with E-state index in [0.29, 0.717) is 5.11 Å². The summed E-state index contributed by atoms with van der Waals surface area (Å²) in [5.41, 5.74) is 1.89. The first-order valence-electron chi connectivity index (χ1n) is 4.20. The third kappa shape index (κ3) is 1.46. The van der Waals surface area contributed by atoms with Crippen LogP contribution in [-0.2, 0) is 4.79 Å². The van der Waals surface area contributed by atoms with Crippen molar-refractivity contribution in [3.63, 3.8) is 0 Å². The molecule has 0 aliphatic carbocycles. The highest BCUT2D eigenvalue weighted by Gasteiger charge is 2.29. The molecule has 1 aliphatic rings. The van der Waals surface area contributed by atoms with Crippen LogP contribution in [0.25, 0.3) is 0 Å². The summed E-state index contributed by atoms with van der Waals surface area (Å²) in [5, 5.41) is 5.82. The van der Waals surface area contributed by atoms with Gasteiger partial charge in [-0.25, -0.2) is 0 Å². The molecule has 1 unspecified atom stereocenters. The minimum absolute atomic E-state index is 0.119. The van der Waals surface area contributed by atoms with E-state index >= 15 is 0 Å². The first-order valence-corrected chi connectivity index (χ1v) is 4.61. The molecule has 2 heterocycles. The van der Waals surface area contributed by atoms with Crippen LogP contribution in [0, 0.1) is 6.92 Å². The van der Waals surface area contributed by atoms with Crippen LogP contribution in [0.4, 0.5) is 0 Å². The molecule has 1 aromatic heterocycles. The second kappa shape index (κ2) is 3.34. The minimum Gasteiger partial charge on any atom is -0.347 e. The van der Waals surface area contributed by atoms with Crippen LogP contribution >= 0.6 is 12.2 Å². The fourth-order valence-electron chi connectivity index (χ4n) is 1.41. The summed E-state index contributed by atoms with van der Waals surface area (Å²) in [7, 11) is 0. The van der Waals surface area contributed by atoms with E-state index in [-0.39, 0.29) is 5.91 Å². The van der Waals surface area contributed by atoms with E-state index in [1.807, 2.05) is 13.0 Å². The van der Waals surface area contributed by atoms with Crippen molar-refractivity contribution in [2.24, 2.45) is 0 Å². The van der Waals surface area contributed by atoms with Crippen molar-refractivity contribution in [1.29, 1.82) is 0 Å². The van der Waals surface area contributed by atoms with Crippen LogP contribution in [0.5, 0.6) is 0 Å². The van der Waals surface area contributed by atoms with Crippen LogP contribution in [0.15, 0.2) is 18.5 Å². The Hall–Kier alpha value is -1.49. The molecule has 72 valence electrons. The lowest BCUT2D eigenvalue weighted by atomic mass is 10.0. The van der Waals surface area contributed by atoms with Crippen molar-refractivity contribution < 1.29 is 4.79 Å². The monoisotopic (exact) mass is 207 g/mol. The van der Waals surface area contributed by atoms with Crippen molar-refractivity contribution in [1.82, 2.24) is 15.6 Å². The molecular formula is C9H9N3OS. The summed E-state index contributed by atoms with van der Waals surface area (Å²) in [6.45, 7) is 1.94. The number of carbonyl (C=O) groups excluding carboxylic acids is 1. The molecule has 2 N–H and O–H groups in total. The van der Waals surface area contributed by atoms with Crippen molar-refractivity contribution >= 4 is 23.2 Å². The molecule has 2 rings (SSSR count). The zero-order valence-electron chi connectivity index (χ0n) is 7.57. The van der Waals surface area contributed by atoms with Gasteiger partial charge in [0.1, 0.15) is 6.04 Å². The number of nitrogens with one attached hydrogen (secondary N) is 2. The number of nitrogens with zero attached hydrogens (tertiary/aromatic N) is 1. The van der Waals surface area contributed by atoms with E-state index in [1.165, 1.54) is 0 Å². The van der Waals surface area contributed by atoms with Gasteiger partial charge in [-0.3, -0.25) is 9.78 Å².